The average molecular weight is 270 g/mol. The normalized spacial score (nSPS) is 23.2. The number of rotatable bonds is 7. The third kappa shape index (κ3) is 6.73. The molecule has 0 spiro atoms. The minimum atomic E-state index is 0.169. The highest BCUT2D eigenvalue weighted by molar-refractivity contribution is 4.78. The Kier molecular flexibility index (Phi) is 6.78. The fourth-order valence-corrected chi connectivity index (χ4v) is 2.59. The van der Waals surface area contributed by atoms with E-state index in [1.54, 1.807) is 0 Å². The van der Waals surface area contributed by atoms with E-state index >= 15 is 0 Å². The fraction of sp³-hybridized carbons (Fsp3) is 1.00. The van der Waals surface area contributed by atoms with Crippen LogP contribution in [0.1, 0.15) is 53.9 Å². The monoisotopic (exact) mass is 270 g/mol. The molecule has 0 amide bonds. The highest BCUT2D eigenvalue weighted by Gasteiger charge is 2.22. The third-order valence-electron chi connectivity index (χ3n) is 4.03. The van der Waals surface area contributed by atoms with Crippen LogP contribution >= 0.6 is 0 Å². The van der Waals surface area contributed by atoms with Crippen molar-refractivity contribution < 1.29 is 4.74 Å². The molecule has 0 aromatic carbocycles. The summed E-state index contributed by atoms with van der Waals surface area (Å²) in [6, 6.07) is 0.739. The summed E-state index contributed by atoms with van der Waals surface area (Å²) in [7, 11) is 2.23. The van der Waals surface area contributed by atoms with Crippen molar-refractivity contribution in [3.63, 3.8) is 0 Å². The van der Waals surface area contributed by atoms with Gasteiger partial charge in [0.1, 0.15) is 0 Å². The predicted molar refractivity (Wildman–Crippen MR) is 82.6 cm³/mol. The van der Waals surface area contributed by atoms with Gasteiger partial charge in [-0.25, -0.2) is 0 Å². The maximum Gasteiger partial charge on any atom is 0.0722 e. The Bertz CT molecular complexity index is 248. The van der Waals surface area contributed by atoms with Crippen molar-refractivity contribution in [2.75, 3.05) is 26.7 Å². The van der Waals surface area contributed by atoms with Gasteiger partial charge in [-0.05, 0) is 59.5 Å². The number of nitrogens with one attached hydrogen (secondary N) is 1. The summed E-state index contributed by atoms with van der Waals surface area (Å²) in [5, 5.41) is 3.56. The van der Waals surface area contributed by atoms with Crippen molar-refractivity contribution >= 4 is 0 Å². The number of nitrogens with zero attached hydrogens (tertiary/aromatic N) is 1. The summed E-state index contributed by atoms with van der Waals surface area (Å²) in [6.45, 7) is 14.2. The second kappa shape index (κ2) is 7.61. The first-order chi connectivity index (χ1) is 8.79. The molecule has 3 heteroatoms. The van der Waals surface area contributed by atoms with E-state index in [1.165, 1.54) is 25.8 Å². The summed E-state index contributed by atoms with van der Waals surface area (Å²) >= 11 is 0. The Balaban J connectivity index is 2.25. The van der Waals surface area contributed by atoms with E-state index in [1.807, 2.05) is 0 Å². The minimum Gasteiger partial charge on any atom is -0.377 e. The van der Waals surface area contributed by atoms with Crippen LogP contribution < -0.4 is 5.32 Å². The van der Waals surface area contributed by atoms with Gasteiger partial charge in [0.05, 0.1) is 6.10 Å². The molecule has 1 aliphatic heterocycles. The highest BCUT2D eigenvalue weighted by atomic mass is 16.5. The van der Waals surface area contributed by atoms with Crippen molar-refractivity contribution in [2.45, 2.75) is 71.6 Å². The van der Waals surface area contributed by atoms with E-state index in [9.17, 15) is 0 Å². The molecule has 1 rings (SSSR count). The molecule has 1 N–H and O–H groups in total. The van der Waals surface area contributed by atoms with Crippen LogP contribution in [-0.4, -0.2) is 49.3 Å². The first-order valence-corrected chi connectivity index (χ1v) is 7.86. The lowest BCUT2D eigenvalue weighted by Crippen LogP contribution is -2.43. The smallest absolute Gasteiger partial charge is 0.0722 e. The third-order valence-corrected chi connectivity index (χ3v) is 4.03. The Morgan fingerprint density at radius 2 is 2.00 bits per heavy atom. The second-order valence-corrected chi connectivity index (χ2v) is 7.35. The number of hydrogen-bond donors (Lipinski definition) is 1. The van der Waals surface area contributed by atoms with E-state index in [4.69, 9.17) is 4.74 Å². The van der Waals surface area contributed by atoms with Crippen LogP contribution in [-0.2, 0) is 4.74 Å². The SMILES string of the molecule is CC(C)C(CNC(C)(C)C)OCCC1CCCN1C. The molecule has 2 atom stereocenters. The summed E-state index contributed by atoms with van der Waals surface area (Å²) in [5.74, 6) is 0.566. The molecule has 0 saturated carbocycles. The topological polar surface area (TPSA) is 24.5 Å². The molecule has 0 radical (unpaired) electrons. The molecule has 114 valence electrons. The molecular formula is C16H34N2O. The first-order valence-electron chi connectivity index (χ1n) is 7.86. The minimum absolute atomic E-state index is 0.169. The van der Waals surface area contributed by atoms with Gasteiger partial charge in [0.25, 0.3) is 0 Å². The van der Waals surface area contributed by atoms with Gasteiger partial charge in [0.15, 0.2) is 0 Å². The zero-order valence-electron chi connectivity index (χ0n) is 13.8. The Morgan fingerprint density at radius 3 is 2.47 bits per heavy atom. The van der Waals surface area contributed by atoms with Gasteiger partial charge in [-0.2, -0.15) is 0 Å². The molecule has 2 unspecified atom stereocenters. The molecule has 1 aliphatic rings. The van der Waals surface area contributed by atoms with Crippen LogP contribution in [0.4, 0.5) is 0 Å². The number of hydrogen-bond acceptors (Lipinski definition) is 3. The summed E-state index contributed by atoms with van der Waals surface area (Å²) in [6.07, 6.45) is 4.19. The lowest BCUT2D eigenvalue weighted by Gasteiger charge is -2.28. The number of ether oxygens (including phenoxy) is 1. The van der Waals surface area contributed by atoms with E-state index in [0.717, 1.165) is 19.2 Å². The van der Waals surface area contributed by atoms with Crippen LogP contribution in [0.3, 0.4) is 0 Å². The van der Waals surface area contributed by atoms with Crippen LogP contribution in [0, 0.1) is 5.92 Å². The van der Waals surface area contributed by atoms with Crippen molar-refractivity contribution in [2.24, 2.45) is 5.92 Å². The maximum atomic E-state index is 6.12. The van der Waals surface area contributed by atoms with Gasteiger partial charge >= 0.3 is 0 Å². The fourth-order valence-electron chi connectivity index (χ4n) is 2.59. The van der Waals surface area contributed by atoms with Crippen molar-refractivity contribution in [1.82, 2.24) is 10.2 Å². The van der Waals surface area contributed by atoms with Gasteiger partial charge in [0.2, 0.25) is 0 Å². The van der Waals surface area contributed by atoms with Crippen molar-refractivity contribution in [1.29, 1.82) is 0 Å². The summed E-state index contributed by atoms with van der Waals surface area (Å²) in [4.78, 5) is 2.47. The van der Waals surface area contributed by atoms with Gasteiger partial charge in [-0.15, -0.1) is 0 Å². The average Bonchev–Trinajstić information content (AvgIpc) is 2.67. The summed E-state index contributed by atoms with van der Waals surface area (Å²) < 4.78 is 6.12. The van der Waals surface area contributed by atoms with Gasteiger partial charge in [0, 0.05) is 24.7 Å². The van der Waals surface area contributed by atoms with Crippen LogP contribution in [0.5, 0.6) is 0 Å². The molecular weight excluding hydrogens is 236 g/mol. The molecule has 1 fully saturated rings. The van der Waals surface area contributed by atoms with Crippen LogP contribution in [0.15, 0.2) is 0 Å². The molecule has 0 aliphatic carbocycles. The zero-order chi connectivity index (χ0) is 14.5. The second-order valence-electron chi connectivity index (χ2n) is 7.35. The zero-order valence-corrected chi connectivity index (χ0v) is 13.8. The van der Waals surface area contributed by atoms with E-state index in [-0.39, 0.29) is 5.54 Å². The molecule has 1 saturated heterocycles. The largest absolute Gasteiger partial charge is 0.377 e. The van der Waals surface area contributed by atoms with Gasteiger partial charge in [-0.1, -0.05) is 13.8 Å². The molecule has 19 heavy (non-hydrogen) atoms. The molecule has 0 bridgehead atoms. The van der Waals surface area contributed by atoms with E-state index in [0.29, 0.717) is 12.0 Å². The lowest BCUT2D eigenvalue weighted by molar-refractivity contribution is 0.0111. The first kappa shape index (κ1) is 16.9. The Morgan fingerprint density at radius 1 is 1.32 bits per heavy atom. The molecule has 0 aromatic heterocycles. The molecule has 3 nitrogen and oxygen atoms in total. The predicted octanol–water partition coefficient (Wildman–Crippen LogP) is 2.90. The number of likely N-dealkylation sites (tertiary alicyclic amines) is 1. The lowest BCUT2D eigenvalue weighted by atomic mass is 10.0. The van der Waals surface area contributed by atoms with Crippen molar-refractivity contribution in [3.8, 4) is 0 Å². The van der Waals surface area contributed by atoms with Gasteiger partial charge in [-0.3, -0.25) is 0 Å². The van der Waals surface area contributed by atoms with Crippen LogP contribution in [0.25, 0.3) is 0 Å². The van der Waals surface area contributed by atoms with E-state index in [2.05, 4.69) is 51.9 Å². The standard InChI is InChI=1S/C16H34N2O/c1-13(2)15(12-17-16(3,4)5)19-11-9-14-8-7-10-18(14)6/h13-15,17H,7-12H2,1-6H3. The quantitative estimate of drug-likeness (QED) is 0.770. The molecule has 1 heterocycles. The molecule has 0 aromatic rings. The Hall–Kier alpha value is -0.120. The maximum absolute atomic E-state index is 6.12. The van der Waals surface area contributed by atoms with Crippen molar-refractivity contribution in [3.05, 3.63) is 0 Å². The van der Waals surface area contributed by atoms with Gasteiger partial charge < -0.3 is 15.0 Å². The van der Waals surface area contributed by atoms with E-state index < -0.39 is 0 Å². The Labute approximate surface area is 120 Å². The van der Waals surface area contributed by atoms with Crippen LogP contribution in [0.2, 0.25) is 0 Å². The highest BCUT2D eigenvalue weighted by Crippen LogP contribution is 2.18. The summed E-state index contributed by atoms with van der Waals surface area (Å²) in [5.41, 5.74) is 0.169.